The van der Waals surface area contributed by atoms with Gasteiger partial charge < -0.3 is 29.4 Å². The Morgan fingerprint density at radius 1 is 1.04 bits per heavy atom. The summed E-state index contributed by atoms with van der Waals surface area (Å²) in [4.78, 5) is 60.8. The number of hydrogen-bond donors (Lipinski definition) is 3. The lowest BCUT2D eigenvalue weighted by Gasteiger charge is -2.29. The molecule has 17 heteroatoms. The number of sulfonamides is 1. The van der Waals surface area contributed by atoms with Gasteiger partial charge in [-0.25, -0.2) is 27.0 Å². The second kappa shape index (κ2) is 14.1. The number of nitrogens with zero attached hydrogens (tertiary/aromatic N) is 2. The van der Waals surface area contributed by atoms with Crippen molar-refractivity contribution >= 4 is 66.8 Å². The summed E-state index contributed by atoms with van der Waals surface area (Å²) in [6.45, 7) is -0.176. The number of hydrogen-bond acceptors (Lipinski definition) is 10. The van der Waals surface area contributed by atoms with Crippen LogP contribution in [-0.4, -0.2) is 84.7 Å². The van der Waals surface area contributed by atoms with Gasteiger partial charge in [0.1, 0.15) is 46.5 Å². The number of carbonyl (C=O) groups excluding carboxylic acids is 4. The molecule has 0 unspecified atom stereocenters. The molecule has 2 aliphatic heterocycles. The number of ether oxygens (including phenoxy) is 2. The highest BCUT2D eigenvalue weighted by atomic mass is 32.2. The Labute approximate surface area is 314 Å². The Bertz CT molecular complexity index is 2380. The van der Waals surface area contributed by atoms with E-state index in [1.54, 1.807) is 0 Å². The van der Waals surface area contributed by atoms with Crippen molar-refractivity contribution in [2.24, 2.45) is 5.92 Å². The van der Waals surface area contributed by atoms with Gasteiger partial charge in [-0.2, -0.15) is 0 Å². The van der Waals surface area contributed by atoms with Gasteiger partial charge in [-0.1, -0.05) is 25.0 Å². The number of halogens is 2. The molecule has 14 nitrogen and oxygen atoms in total. The molecule has 2 aromatic carbocycles. The monoisotopic (exact) mass is 779 g/mol. The molecule has 2 aliphatic carbocycles. The molecule has 4 heterocycles. The summed E-state index contributed by atoms with van der Waals surface area (Å²) in [5, 5.41) is 5.33. The largest absolute Gasteiger partial charge is 0.484 e. The van der Waals surface area contributed by atoms with E-state index in [0.29, 0.717) is 48.6 Å². The third kappa shape index (κ3) is 7.05. The number of alkyl carbamates (subject to hydrolysis) is 1. The fraction of sp³-hybridized carbons (Fsp3) is 0.447. The summed E-state index contributed by atoms with van der Waals surface area (Å²) >= 11 is 0. The Hall–Kier alpha value is -5.32. The van der Waals surface area contributed by atoms with E-state index in [1.165, 1.54) is 48.4 Å². The molecular weight excluding hydrogens is 741 g/mol. The molecule has 4 aromatic rings. The van der Waals surface area contributed by atoms with E-state index in [1.807, 2.05) is 12.2 Å². The predicted molar refractivity (Wildman–Crippen MR) is 194 cm³/mol. The molecule has 2 saturated carbocycles. The minimum Gasteiger partial charge on any atom is -0.484 e. The van der Waals surface area contributed by atoms with Gasteiger partial charge in [0.15, 0.2) is 11.3 Å². The zero-order valence-corrected chi connectivity index (χ0v) is 30.6. The lowest BCUT2D eigenvalue weighted by Crippen LogP contribution is -2.58. The van der Waals surface area contributed by atoms with E-state index < -0.39 is 80.4 Å². The smallest absolute Gasteiger partial charge is 0.407 e. The zero-order valence-electron chi connectivity index (χ0n) is 29.8. The lowest BCUT2D eigenvalue weighted by molar-refractivity contribution is -0.141. The van der Waals surface area contributed by atoms with Crippen LogP contribution in [0.25, 0.3) is 33.0 Å². The van der Waals surface area contributed by atoms with E-state index in [2.05, 4.69) is 20.3 Å². The van der Waals surface area contributed by atoms with E-state index in [4.69, 9.17) is 13.9 Å². The summed E-state index contributed by atoms with van der Waals surface area (Å²) in [5.74, 6) is -3.72. The number of benzene rings is 2. The van der Waals surface area contributed by atoms with E-state index in [9.17, 15) is 36.4 Å². The van der Waals surface area contributed by atoms with Gasteiger partial charge in [0.2, 0.25) is 21.8 Å². The van der Waals surface area contributed by atoms with Gasteiger partial charge in [-0.15, -0.1) is 0 Å². The van der Waals surface area contributed by atoms with Gasteiger partial charge >= 0.3 is 6.09 Å². The fourth-order valence-electron chi connectivity index (χ4n) is 7.68. The van der Waals surface area contributed by atoms with E-state index in [0.717, 1.165) is 6.42 Å². The SMILES string of the molecule is COC(=O)N[C@H]1CCCCC/C=C\[C@H]2C[C@@]2(C(=O)NS(=O)(=O)C2CC2)NC(=O)[C@@H]2C[C@@H](Oc3c4cc(F)ccc4nc4c3oc3ccc(F)cc34)CN2C1=O. The van der Waals surface area contributed by atoms with Crippen LogP contribution < -0.4 is 20.1 Å². The van der Waals surface area contributed by atoms with Crippen LogP contribution in [0.1, 0.15) is 57.8 Å². The van der Waals surface area contributed by atoms with Crippen LogP contribution in [0.2, 0.25) is 0 Å². The van der Waals surface area contributed by atoms with Crippen molar-refractivity contribution in [3.05, 3.63) is 60.2 Å². The molecular formula is C38H39F2N5O9S. The highest BCUT2D eigenvalue weighted by molar-refractivity contribution is 7.91. The van der Waals surface area contributed by atoms with Crippen LogP contribution in [0.5, 0.6) is 5.75 Å². The third-order valence-electron chi connectivity index (χ3n) is 10.9. The molecule has 0 radical (unpaired) electrons. The predicted octanol–water partition coefficient (Wildman–Crippen LogP) is 4.49. The van der Waals surface area contributed by atoms with Gasteiger partial charge in [0.25, 0.3) is 5.91 Å². The third-order valence-corrected chi connectivity index (χ3v) is 12.7. The minimum atomic E-state index is -3.95. The average Bonchev–Trinajstić information content (AvgIpc) is 4.06. The maximum Gasteiger partial charge on any atom is 0.407 e. The van der Waals surface area contributed by atoms with Crippen molar-refractivity contribution in [1.82, 2.24) is 25.2 Å². The topological polar surface area (TPSA) is 186 Å². The molecule has 55 heavy (non-hydrogen) atoms. The van der Waals surface area contributed by atoms with Crippen molar-refractivity contribution in [1.29, 1.82) is 0 Å². The Morgan fingerprint density at radius 2 is 1.80 bits per heavy atom. The van der Waals surface area contributed by atoms with Crippen LogP contribution in [0, 0.1) is 17.6 Å². The molecule has 3 N–H and O–H groups in total. The van der Waals surface area contributed by atoms with Crippen LogP contribution in [0.15, 0.2) is 53.0 Å². The van der Waals surface area contributed by atoms with Crippen LogP contribution >= 0.6 is 0 Å². The molecule has 2 aromatic heterocycles. The van der Waals surface area contributed by atoms with Gasteiger partial charge in [0, 0.05) is 23.1 Å². The Morgan fingerprint density at radius 3 is 2.56 bits per heavy atom. The van der Waals surface area contributed by atoms with Crippen LogP contribution in [0.3, 0.4) is 0 Å². The molecule has 3 fully saturated rings. The van der Waals surface area contributed by atoms with Gasteiger partial charge in [0.05, 0.1) is 24.4 Å². The van der Waals surface area contributed by atoms with Crippen LogP contribution in [-0.2, 0) is 29.1 Å². The first-order valence-corrected chi connectivity index (χ1v) is 19.9. The number of methoxy groups -OCH3 is 1. The number of fused-ring (bicyclic) bond motifs is 6. The number of aromatic nitrogens is 1. The molecule has 4 amide bonds. The first kappa shape index (κ1) is 36.6. The first-order chi connectivity index (χ1) is 26.4. The lowest BCUT2D eigenvalue weighted by atomic mass is 10.1. The van der Waals surface area contributed by atoms with E-state index >= 15 is 0 Å². The molecule has 0 spiro atoms. The summed E-state index contributed by atoms with van der Waals surface area (Å²) in [5.41, 5.74) is -0.600. The molecule has 8 rings (SSSR count). The highest BCUT2D eigenvalue weighted by Gasteiger charge is 2.62. The minimum absolute atomic E-state index is 0.0643. The maximum atomic E-state index is 14.7. The van der Waals surface area contributed by atoms with Crippen molar-refractivity contribution in [3.63, 3.8) is 0 Å². The van der Waals surface area contributed by atoms with E-state index in [-0.39, 0.29) is 48.0 Å². The van der Waals surface area contributed by atoms with Crippen LogP contribution in [0.4, 0.5) is 13.6 Å². The van der Waals surface area contributed by atoms with Crippen molar-refractivity contribution in [2.45, 2.75) is 86.8 Å². The summed E-state index contributed by atoms with van der Waals surface area (Å²) in [6, 6.07) is 5.49. The number of carbonyl (C=O) groups is 4. The average molecular weight is 780 g/mol. The second-order valence-corrected chi connectivity index (χ2v) is 16.7. The number of allylic oxidation sites excluding steroid dienone is 1. The molecule has 4 aliphatic rings. The van der Waals surface area contributed by atoms with Crippen molar-refractivity contribution < 1.29 is 50.3 Å². The first-order valence-electron chi connectivity index (χ1n) is 18.3. The van der Waals surface area contributed by atoms with Gasteiger partial charge in [-0.05, 0) is 74.9 Å². The standard InChI is InChI=1S/C38H39F2N5O9S/c1-52-37(49)42-28-8-6-4-2-3-5-7-20-18-38(20,36(48)44-55(50,51)24-11-12-24)43-34(46)29-17-23(19-45(29)35(28)47)53-32-25-15-21(39)9-13-27(25)41-31-26-16-22(40)10-14-30(26)54-33(31)32/h5,7,9-10,13-16,20,23-24,28-29H,2-4,6,8,11-12,17-19H2,1H3,(H,42,49)(H,43,46)(H,44,48)/b7-5-/t20-,23+,28-,29-,38+/m0/s1. The summed E-state index contributed by atoms with van der Waals surface area (Å²) in [7, 11) is -2.78. The highest BCUT2D eigenvalue weighted by Crippen LogP contribution is 2.46. The maximum absolute atomic E-state index is 14.7. The molecule has 1 saturated heterocycles. The number of rotatable bonds is 6. The number of pyridine rings is 1. The number of nitrogens with one attached hydrogen (secondary N) is 3. The molecule has 5 atom stereocenters. The van der Waals surface area contributed by atoms with Gasteiger partial charge in [-0.3, -0.25) is 19.1 Å². The summed E-state index contributed by atoms with van der Waals surface area (Å²) < 4.78 is 74.4. The zero-order chi connectivity index (χ0) is 38.6. The fourth-order valence-corrected chi connectivity index (χ4v) is 9.05. The van der Waals surface area contributed by atoms with Crippen molar-refractivity contribution in [3.8, 4) is 5.75 Å². The quantitative estimate of drug-likeness (QED) is 0.236. The molecule has 290 valence electrons. The number of furan rings is 1. The summed E-state index contributed by atoms with van der Waals surface area (Å²) in [6.07, 6.45) is 5.77. The molecule has 0 bridgehead atoms. The Kier molecular flexibility index (Phi) is 9.38. The normalized spacial score (nSPS) is 26.7. The van der Waals surface area contributed by atoms with Crippen molar-refractivity contribution in [2.75, 3.05) is 13.7 Å². The Balaban J connectivity index is 1.17. The number of amides is 4. The second-order valence-electron chi connectivity index (χ2n) is 14.7.